The van der Waals surface area contributed by atoms with Gasteiger partial charge in [-0.1, -0.05) is 11.6 Å². The molecule has 3 aromatic rings. The average Bonchev–Trinajstić information content (AvgIpc) is 3.35. The molecule has 1 N–H and O–H groups in total. The minimum absolute atomic E-state index is 0.142. The predicted octanol–water partition coefficient (Wildman–Crippen LogP) is 5.42. The lowest BCUT2D eigenvalue weighted by atomic mass is 10.1. The highest BCUT2D eigenvalue weighted by molar-refractivity contribution is 7.19. The molecule has 1 amide bonds. The SMILES string of the molecule is CC(C)NC(=O)c1cc(-c2cnn(-c3c(C(F)(F)F)c(C(F)C(F)F)nn3C)c2)sc1Cl. The van der Waals surface area contributed by atoms with Crippen molar-refractivity contribution in [1.29, 1.82) is 0 Å². The van der Waals surface area contributed by atoms with E-state index in [0.717, 1.165) is 23.1 Å². The number of thiophene rings is 1. The third kappa shape index (κ3) is 4.63. The summed E-state index contributed by atoms with van der Waals surface area (Å²) in [6, 6.07) is 1.32. The molecule has 0 saturated carbocycles. The van der Waals surface area contributed by atoms with Gasteiger partial charge >= 0.3 is 6.18 Å². The molecule has 32 heavy (non-hydrogen) atoms. The summed E-state index contributed by atoms with van der Waals surface area (Å²) in [5, 5.41) is 9.87. The molecule has 1 unspecified atom stereocenters. The van der Waals surface area contributed by atoms with Crippen molar-refractivity contribution in [1.82, 2.24) is 24.9 Å². The first kappa shape index (κ1) is 24.1. The third-order valence-corrected chi connectivity index (χ3v) is 5.65. The van der Waals surface area contributed by atoms with Gasteiger partial charge in [0.05, 0.1) is 11.8 Å². The van der Waals surface area contributed by atoms with Crippen LogP contribution in [0.2, 0.25) is 4.34 Å². The van der Waals surface area contributed by atoms with Crippen molar-refractivity contribution in [2.24, 2.45) is 7.05 Å². The number of rotatable bonds is 6. The maximum absolute atomic E-state index is 13.8. The van der Waals surface area contributed by atoms with E-state index in [-0.39, 0.29) is 15.9 Å². The Kier molecular flexibility index (Phi) is 6.61. The molecule has 174 valence electrons. The smallest absolute Gasteiger partial charge is 0.350 e. The Morgan fingerprint density at radius 2 is 1.91 bits per heavy atom. The van der Waals surface area contributed by atoms with Crippen LogP contribution in [-0.2, 0) is 13.2 Å². The first-order chi connectivity index (χ1) is 14.8. The topological polar surface area (TPSA) is 64.7 Å². The maximum Gasteiger partial charge on any atom is 0.421 e. The molecular formula is C18H16ClF6N5OS. The lowest BCUT2D eigenvalue weighted by Crippen LogP contribution is -2.29. The molecule has 6 nitrogen and oxygen atoms in total. The van der Waals surface area contributed by atoms with Crippen LogP contribution < -0.4 is 5.32 Å². The van der Waals surface area contributed by atoms with Gasteiger partial charge in [-0.15, -0.1) is 11.3 Å². The predicted molar refractivity (Wildman–Crippen MR) is 106 cm³/mol. The van der Waals surface area contributed by atoms with Gasteiger partial charge in [0, 0.05) is 29.7 Å². The molecule has 3 aromatic heterocycles. The molecule has 0 aliphatic heterocycles. The number of nitrogens with zero attached hydrogens (tertiary/aromatic N) is 4. The Labute approximate surface area is 186 Å². The summed E-state index contributed by atoms with van der Waals surface area (Å²) in [6.07, 6.45) is -9.69. The lowest BCUT2D eigenvalue weighted by molar-refractivity contribution is -0.139. The number of carbonyl (C=O) groups is 1. The molecule has 0 bridgehead atoms. The van der Waals surface area contributed by atoms with Gasteiger partial charge < -0.3 is 5.32 Å². The van der Waals surface area contributed by atoms with Crippen molar-refractivity contribution in [3.63, 3.8) is 0 Å². The lowest BCUT2D eigenvalue weighted by Gasteiger charge is -2.12. The normalized spacial score (nSPS) is 13.2. The molecule has 0 spiro atoms. The van der Waals surface area contributed by atoms with Crippen LogP contribution in [0.4, 0.5) is 26.3 Å². The second kappa shape index (κ2) is 8.77. The van der Waals surface area contributed by atoms with Crippen LogP contribution in [0.5, 0.6) is 0 Å². The number of hydrogen-bond acceptors (Lipinski definition) is 4. The number of alkyl halides is 6. The number of carbonyl (C=O) groups excluding carboxylic acids is 1. The standard InChI is InChI=1S/C18H16ClF6N5OS/c1-7(2)27-16(31)9-4-10(32-14(9)19)8-5-26-30(6-8)17-11(18(23,24)25)13(28-29(17)3)12(20)15(21)22/h4-7,12,15H,1-3H3,(H,27,31). The molecule has 3 rings (SSSR count). The Bertz CT molecular complexity index is 1140. The first-order valence-electron chi connectivity index (χ1n) is 9.03. The zero-order valence-electron chi connectivity index (χ0n) is 16.7. The number of hydrogen-bond donors (Lipinski definition) is 1. The molecule has 0 fully saturated rings. The largest absolute Gasteiger partial charge is 0.421 e. The summed E-state index contributed by atoms with van der Waals surface area (Å²) >= 11 is 7.14. The van der Waals surface area contributed by atoms with Crippen LogP contribution in [0.25, 0.3) is 16.3 Å². The zero-order chi connectivity index (χ0) is 24.0. The van der Waals surface area contributed by atoms with Crippen molar-refractivity contribution < 1.29 is 31.1 Å². The van der Waals surface area contributed by atoms with E-state index < -0.39 is 41.8 Å². The van der Waals surface area contributed by atoms with Gasteiger partial charge in [0.25, 0.3) is 12.3 Å². The zero-order valence-corrected chi connectivity index (χ0v) is 18.3. The molecule has 14 heteroatoms. The second-order valence-corrected chi connectivity index (χ2v) is 8.70. The van der Waals surface area contributed by atoms with E-state index in [9.17, 15) is 31.1 Å². The van der Waals surface area contributed by atoms with E-state index in [1.807, 2.05) is 0 Å². The summed E-state index contributed by atoms with van der Waals surface area (Å²) in [4.78, 5) is 12.7. The highest BCUT2D eigenvalue weighted by Crippen LogP contribution is 2.41. The number of amides is 1. The quantitative estimate of drug-likeness (QED) is 0.461. The Hall–Kier alpha value is -2.54. The van der Waals surface area contributed by atoms with Crippen molar-refractivity contribution in [3.8, 4) is 16.3 Å². The molecule has 0 radical (unpaired) electrons. The Morgan fingerprint density at radius 1 is 1.25 bits per heavy atom. The van der Waals surface area contributed by atoms with E-state index in [0.29, 0.717) is 15.1 Å². The van der Waals surface area contributed by atoms with Gasteiger partial charge in [-0.3, -0.25) is 9.48 Å². The van der Waals surface area contributed by atoms with Crippen LogP contribution in [0.15, 0.2) is 18.5 Å². The highest BCUT2D eigenvalue weighted by Gasteiger charge is 2.44. The molecule has 0 aromatic carbocycles. The van der Waals surface area contributed by atoms with Crippen molar-refractivity contribution in [2.75, 3.05) is 0 Å². The van der Waals surface area contributed by atoms with Gasteiger partial charge in [-0.2, -0.15) is 23.4 Å². The number of aryl methyl sites for hydroxylation is 1. The van der Waals surface area contributed by atoms with Gasteiger partial charge in [-0.05, 0) is 19.9 Å². The first-order valence-corrected chi connectivity index (χ1v) is 10.2. The molecule has 0 aliphatic carbocycles. The molecule has 0 saturated heterocycles. The summed E-state index contributed by atoms with van der Waals surface area (Å²) in [6.45, 7) is 3.53. The van der Waals surface area contributed by atoms with E-state index in [1.165, 1.54) is 18.5 Å². The molecular weight excluding hydrogens is 484 g/mol. The summed E-state index contributed by atoms with van der Waals surface area (Å²) in [5.41, 5.74) is -2.58. The van der Waals surface area contributed by atoms with Gasteiger partial charge in [0.2, 0.25) is 6.17 Å². The fourth-order valence-electron chi connectivity index (χ4n) is 2.95. The maximum atomic E-state index is 13.8. The third-order valence-electron chi connectivity index (χ3n) is 4.25. The molecule has 0 aliphatic rings. The van der Waals surface area contributed by atoms with Crippen molar-refractivity contribution in [3.05, 3.63) is 39.6 Å². The number of halogens is 7. The van der Waals surface area contributed by atoms with E-state index >= 15 is 0 Å². The minimum atomic E-state index is -5.17. The highest BCUT2D eigenvalue weighted by atomic mass is 35.5. The summed E-state index contributed by atoms with van der Waals surface area (Å²) in [5.74, 6) is -1.15. The van der Waals surface area contributed by atoms with Crippen LogP contribution in [0, 0.1) is 0 Å². The average molecular weight is 500 g/mol. The molecule has 3 heterocycles. The summed E-state index contributed by atoms with van der Waals surface area (Å²) in [7, 11) is 1.06. The monoisotopic (exact) mass is 499 g/mol. The fourth-order valence-corrected chi connectivity index (χ4v) is 4.20. The summed E-state index contributed by atoms with van der Waals surface area (Å²) < 4.78 is 81.9. The number of nitrogens with one attached hydrogen (secondary N) is 1. The van der Waals surface area contributed by atoms with E-state index in [2.05, 4.69) is 15.5 Å². The van der Waals surface area contributed by atoms with Crippen LogP contribution in [0.3, 0.4) is 0 Å². The van der Waals surface area contributed by atoms with Crippen LogP contribution in [-0.4, -0.2) is 37.9 Å². The minimum Gasteiger partial charge on any atom is -0.350 e. The second-order valence-electron chi connectivity index (χ2n) is 7.04. The van der Waals surface area contributed by atoms with E-state index in [4.69, 9.17) is 11.6 Å². The van der Waals surface area contributed by atoms with Crippen molar-refractivity contribution in [2.45, 2.75) is 38.7 Å². The number of aromatic nitrogens is 4. The van der Waals surface area contributed by atoms with Gasteiger partial charge in [0.1, 0.15) is 15.6 Å². The fraction of sp³-hybridized carbons (Fsp3) is 0.389. The van der Waals surface area contributed by atoms with Crippen molar-refractivity contribution >= 4 is 28.8 Å². The van der Waals surface area contributed by atoms with Gasteiger partial charge in [-0.25, -0.2) is 17.9 Å². The van der Waals surface area contributed by atoms with Crippen LogP contribution in [0.1, 0.15) is 41.6 Å². The van der Waals surface area contributed by atoms with E-state index in [1.54, 1.807) is 13.8 Å². The van der Waals surface area contributed by atoms with Gasteiger partial charge in [0.15, 0.2) is 5.82 Å². The van der Waals surface area contributed by atoms with Crippen LogP contribution >= 0.6 is 22.9 Å². The Morgan fingerprint density at radius 3 is 2.47 bits per heavy atom. The molecule has 1 atom stereocenters. The Balaban J connectivity index is 2.06.